The first-order valence-electron chi connectivity index (χ1n) is 3.03. The van der Waals surface area contributed by atoms with E-state index in [0.717, 1.165) is 0 Å². The van der Waals surface area contributed by atoms with Gasteiger partial charge < -0.3 is 0 Å². The van der Waals surface area contributed by atoms with Gasteiger partial charge in [-0.05, 0) is 12.5 Å². The third-order valence-corrected chi connectivity index (χ3v) is 1.58. The van der Waals surface area contributed by atoms with Crippen LogP contribution < -0.4 is 0 Å². The van der Waals surface area contributed by atoms with Crippen LogP contribution in [0.15, 0.2) is 30.3 Å². The molecule has 0 aliphatic heterocycles. The van der Waals surface area contributed by atoms with Gasteiger partial charge in [0.25, 0.3) is 0 Å². The second kappa shape index (κ2) is 2.92. The molecule has 0 fully saturated rings. The molecular formula is C8H10S. The van der Waals surface area contributed by atoms with Gasteiger partial charge in [0.1, 0.15) is 0 Å². The second-order valence-corrected chi connectivity index (χ2v) is 2.86. The standard InChI is InChI=1S/C8H10S/c1-7(9)8-5-3-2-4-6-8/h2-7,9H,1H3/t7-/m1/s1. The highest BCUT2D eigenvalue weighted by Crippen LogP contribution is 2.16. The highest BCUT2D eigenvalue weighted by Gasteiger charge is 1.94. The zero-order valence-corrected chi connectivity index (χ0v) is 6.31. The van der Waals surface area contributed by atoms with Crippen molar-refractivity contribution in [2.24, 2.45) is 0 Å². The summed E-state index contributed by atoms with van der Waals surface area (Å²) in [4.78, 5) is 0. The lowest BCUT2D eigenvalue weighted by Gasteiger charge is -2.00. The zero-order valence-electron chi connectivity index (χ0n) is 5.41. The summed E-state index contributed by atoms with van der Waals surface area (Å²) >= 11 is 4.29. The van der Waals surface area contributed by atoms with E-state index >= 15 is 0 Å². The first-order chi connectivity index (χ1) is 4.30. The van der Waals surface area contributed by atoms with Crippen LogP contribution in [0.2, 0.25) is 0 Å². The fourth-order valence-electron chi connectivity index (χ4n) is 0.732. The fraction of sp³-hybridized carbons (Fsp3) is 0.250. The maximum Gasteiger partial charge on any atom is 0.0238 e. The molecule has 1 aromatic carbocycles. The quantitative estimate of drug-likeness (QED) is 0.567. The average molecular weight is 138 g/mol. The lowest BCUT2D eigenvalue weighted by atomic mass is 10.2. The summed E-state index contributed by atoms with van der Waals surface area (Å²) in [7, 11) is 0. The minimum absolute atomic E-state index is 0.353. The van der Waals surface area contributed by atoms with Crippen LogP contribution in [0.4, 0.5) is 0 Å². The van der Waals surface area contributed by atoms with Crippen LogP contribution in [0.5, 0.6) is 0 Å². The van der Waals surface area contributed by atoms with E-state index in [1.54, 1.807) is 0 Å². The van der Waals surface area contributed by atoms with Gasteiger partial charge in [0, 0.05) is 5.25 Å². The summed E-state index contributed by atoms with van der Waals surface area (Å²) in [5.74, 6) is 0. The van der Waals surface area contributed by atoms with Gasteiger partial charge in [-0.3, -0.25) is 0 Å². The molecule has 0 radical (unpaired) electrons. The van der Waals surface area contributed by atoms with Crippen LogP contribution >= 0.6 is 12.6 Å². The van der Waals surface area contributed by atoms with Crippen molar-refractivity contribution in [3.8, 4) is 0 Å². The van der Waals surface area contributed by atoms with Crippen LogP contribution in [0.25, 0.3) is 0 Å². The molecule has 0 nitrogen and oxygen atoms in total. The Balaban J connectivity index is 2.85. The largest absolute Gasteiger partial charge is 0.171 e. The Kier molecular flexibility index (Phi) is 2.17. The predicted octanol–water partition coefficient (Wildman–Crippen LogP) is 2.68. The zero-order chi connectivity index (χ0) is 6.69. The van der Waals surface area contributed by atoms with E-state index in [1.807, 2.05) is 18.2 Å². The van der Waals surface area contributed by atoms with Gasteiger partial charge >= 0.3 is 0 Å². The fourth-order valence-corrected chi connectivity index (χ4v) is 0.904. The van der Waals surface area contributed by atoms with Gasteiger partial charge in [0.15, 0.2) is 0 Å². The molecule has 0 aromatic heterocycles. The molecule has 0 aliphatic carbocycles. The van der Waals surface area contributed by atoms with Crippen LogP contribution in [0.3, 0.4) is 0 Å². The molecule has 0 heterocycles. The highest BCUT2D eigenvalue weighted by atomic mass is 32.1. The molecule has 1 atom stereocenters. The van der Waals surface area contributed by atoms with Gasteiger partial charge in [0.2, 0.25) is 0 Å². The first-order valence-corrected chi connectivity index (χ1v) is 3.55. The Morgan fingerprint density at radius 2 is 1.78 bits per heavy atom. The van der Waals surface area contributed by atoms with Crippen LogP contribution in [-0.2, 0) is 0 Å². The highest BCUT2D eigenvalue weighted by molar-refractivity contribution is 7.80. The van der Waals surface area contributed by atoms with Crippen molar-refractivity contribution in [1.82, 2.24) is 0 Å². The van der Waals surface area contributed by atoms with Gasteiger partial charge in [-0.25, -0.2) is 0 Å². The van der Waals surface area contributed by atoms with Crippen LogP contribution in [-0.4, -0.2) is 0 Å². The van der Waals surface area contributed by atoms with Crippen molar-refractivity contribution in [2.45, 2.75) is 12.2 Å². The lowest BCUT2D eigenvalue weighted by molar-refractivity contribution is 1.11. The van der Waals surface area contributed by atoms with Crippen LogP contribution in [0, 0.1) is 0 Å². The summed E-state index contributed by atoms with van der Waals surface area (Å²) in [5, 5.41) is 0.353. The molecular weight excluding hydrogens is 128 g/mol. The maximum atomic E-state index is 4.29. The Morgan fingerprint density at radius 3 is 2.11 bits per heavy atom. The number of hydrogen-bond donors (Lipinski definition) is 1. The van der Waals surface area contributed by atoms with Gasteiger partial charge in [-0.2, -0.15) is 12.6 Å². The first kappa shape index (κ1) is 6.69. The van der Waals surface area contributed by atoms with Crippen molar-refractivity contribution in [2.75, 3.05) is 0 Å². The molecule has 0 unspecified atom stereocenters. The Labute approximate surface area is 61.3 Å². The van der Waals surface area contributed by atoms with Crippen molar-refractivity contribution >= 4 is 12.6 Å². The van der Waals surface area contributed by atoms with E-state index in [2.05, 4.69) is 31.7 Å². The number of thiol groups is 1. The minimum atomic E-state index is 0.353. The number of hydrogen-bond acceptors (Lipinski definition) is 1. The van der Waals surface area contributed by atoms with E-state index < -0.39 is 0 Å². The molecule has 0 bridgehead atoms. The minimum Gasteiger partial charge on any atom is -0.171 e. The summed E-state index contributed by atoms with van der Waals surface area (Å²) in [5.41, 5.74) is 1.28. The molecule has 1 aromatic rings. The lowest BCUT2D eigenvalue weighted by Crippen LogP contribution is -1.80. The molecule has 0 saturated heterocycles. The molecule has 0 N–H and O–H groups in total. The third kappa shape index (κ3) is 1.75. The molecule has 0 aliphatic rings. The average Bonchev–Trinajstić information content (AvgIpc) is 1.90. The normalized spacial score (nSPS) is 13.1. The summed E-state index contributed by atoms with van der Waals surface area (Å²) in [6.45, 7) is 2.07. The second-order valence-electron chi connectivity index (χ2n) is 2.09. The predicted molar refractivity (Wildman–Crippen MR) is 43.8 cm³/mol. The molecule has 1 rings (SSSR count). The molecule has 0 amide bonds. The van der Waals surface area contributed by atoms with Crippen molar-refractivity contribution in [3.63, 3.8) is 0 Å². The Bertz CT molecular complexity index is 167. The van der Waals surface area contributed by atoms with Gasteiger partial charge in [-0.15, -0.1) is 0 Å². The van der Waals surface area contributed by atoms with E-state index in [0.29, 0.717) is 5.25 Å². The SMILES string of the molecule is C[C@@H](S)c1ccccc1. The Hall–Kier alpha value is -0.430. The molecule has 1 heteroatoms. The number of benzene rings is 1. The van der Waals surface area contributed by atoms with Gasteiger partial charge in [0.05, 0.1) is 0 Å². The molecule has 0 saturated carbocycles. The topological polar surface area (TPSA) is 0 Å². The van der Waals surface area contributed by atoms with Gasteiger partial charge in [-0.1, -0.05) is 30.3 Å². The van der Waals surface area contributed by atoms with E-state index in [-0.39, 0.29) is 0 Å². The Morgan fingerprint density at radius 1 is 1.22 bits per heavy atom. The van der Waals surface area contributed by atoms with E-state index in [9.17, 15) is 0 Å². The van der Waals surface area contributed by atoms with Crippen molar-refractivity contribution in [3.05, 3.63) is 35.9 Å². The summed E-state index contributed by atoms with van der Waals surface area (Å²) < 4.78 is 0. The van der Waals surface area contributed by atoms with E-state index in [4.69, 9.17) is 0 Å². The molecule has 48 valence electrons. The third-order valence-electron chi connectivity index (χ3n) is 1.28. The van der Waals surface area contributed by atoms with Crippen LogP contribution in [0.1, 0.15) is 17.7 Å². The van der Waals surface area contributed by atoms with Crippen molar-refractivity contribution < 1.29 is 0 Å². The summed E-state index contributed by atoms with van der Waals surface area (Å²) in [6.07, 6.45) is 0. The smallest absolute Gasteiger partial charge is 0.0238 e. The van der Waals surface area contributed by atoms with E-state index in [1.165, 1.54) is 5.56 Å². The molecule has 0 spiro atoms. The number of rotatable bonds is 1. The monoisotopic (exact) mass is 138 g/mol. The molecule has 9 heavy (non-hydrogen) atoms. The van der Waals surface area contributed by atoms with Crippen molar-refractivity contribution in [1.29, 1.82) is 0 Å². The maximum absolute atomic E-state index is 4.29. The summed E-state index contributed by atoms with van der Waals surface area (Å²) in [6, 6.07) is 10.2.